The summed E-state index contributed by atoms with van der Waals surface area (Å²) in [5.74, 6) is 0.435. The van der Waals surface area contributed by atoms with Crippen LogP contribution >= 0.6 is 0 Å². The van der Waals surface area contributed by atoms with Gasteiger partial charge in [-0.15, -0.1) is 0 Å². The van der Waals surface area contributed by atoms with Gasteiger partial charge in [-0.3, -0.25) is 0 Å². The van der Waals surface area contributed by atoms with Crippen molar-refractivity contribution in [2.45, 2.75) is 13.3 Å². The molecule has 1 heteroatoms. The van der Waals surface area contributed by atoms with E-state index in [4.69, 9.17) is 5.11 Å². The molecule has 1 nitrogen and oxygen atoms in total. The van der Waals surface area contributed by atoms with Crippen molar-refractivity contribution < 1.29 is 5.11 Å². The Morgan fingerprint density at radius 3 is 2.29 bits per heavy atom. The van der Waals surface area contributed by atoms with Gasteiger partial charge in [0.15, 0.2) is 0 Å². The van der Waals surface area contributed by atoms with Crippen LogP contribution in [0.15, 0.2) is 23.5 Å². The highest BCUT2D eigenvalue weighted by atomic mass is 16.3. The fourth-order valence-corrected chi connectivity index (χ4v) is 0.553. The number of aliphatic hydroxyl groups excluding tert-OH is 1. The Kier molecular flexibility index (Phi) is 0.712. The quantitative estimate of drug-likeness (QED) is 0.456. The van der Waals surface area contributed by atoms with E-state index in [1.165, 1.54) is 0 Å². The van der Waals surface area contributed by atoms with Crippen LogP contribution in [0, 0.1) is 0 Å². The van der Waals surface area contributed by atoms with Crippen LogP contribution in [0.5, 0.6) is 0 Å². The summed E-state index contributed by atoms with van der Waals surface area (Å²) in [5, 5.41) is 8.68. The molecular formula is C6H8O. The molecule has 0 aromatic rings. The molecule has 0 atom stereocenters. The average molecular weight is 96.1 g/mol. The first kappa shape index (κ1) is 4.44. The van der Waals surface area contributed by atoms with Crippen LogP contribution in [0.3, 0.4) is 0 Å². The summed E-state index contributed by atoms with van der Waals surface area (Å²) < 4.78 is 0. The Morgan fingerprint density at radius 1 is 1.86 bits per heavy atom. The molecule has 7 heavy (non-hydrogen) atoms. The van der Waals surface area contributed by atoms with Crippen LogP contribution in [-0.2, 0) is 0 Å². The number of rotatable bonds is 0. The second-order valence-corrected chi connectivity index (χ2v) is 1.84. The number of allylic oxidation sites excluding steroid dienone is 3. The molecule has 0 aromatic heterocycles. The molecule has 1 aliphatic carbocycles. The summed E-state index contributed by atoms with van der Waals surface area (Å²) in [7, 11) is 0. The first-order valence-corrected chi connectivity index (χ1v) is 2.28. The predicted molar refractivity (Wildman–Crippen MR) is 29.1 cm³/mol. The van der Waals surface area contributed by atoms with Gasteiger partial charge in [-0.25, -0.2) is 0 Å². The van der Waals surface area contributed by atoms with Gasteiger partial charge in [-0.05, 0) is 18.1 Å². The van der Waals surface area contributed by atoms with Gasteiger partial charge in [0.05, 0.1) is 5.76 Å². The van der Waals surface area contributed by atoms with E-state index in [0.29, 0.717) is 5.76 Å². The lowest BCUT2D eigenvalue weighted by Gasteiger charge is -1.77. The fourth-order valence-electron chi connectivity index (χ4n) is 0.553. The molecule has 1 aliphatic rings. The summed E-state index contributed by atoms with van der Waals surface area (Å²) in [6, 6.07) is 0. The van der Waals surface area contributed by atoms with Crippen LogP contribution in [0.2, 0.25) is 0 Å². The van der Waals surface area contributed by atoms with Gasteiger partial charge in [0.2, 0.25) is 0 Å². The third kappa shape index (κ3) is 0.660. The molecule has 0 saturated heterocycles. The van der Waals surface area contributed by atoms with Crippen LogP contribution in [-0.4, -0.2) is 5.11 Å². The number of hydrogen-bond donors (Lipinski definition) is 1. The van der Waals surface area contributed by atoms with E-state index in [9.17, 15) is 0 Å². The van der Waals surface area contributed by atoms with Crippen molar-refractivity contribution in [1.82, 2.24) is 0 Å². The average Bonchev–Trinajstić information content (AvgIpc) is 2.17. The van der Waals surface area contributed by atoms with Gasteiger partial charge in [-0.2, -0.15) is 0 Å². The molecule has 0 bridgehead atoms. The van der Waals surface area contributed by atoms with Gasteiger partial charge in [0, 0.05) is 6.42 Å². The molecule has 0 radical (unpaired) electrons. The first-order valence-electron chi connectivity index (χ1n) is 2.28. The maximum Gasteiger partial charge on any atom is 0.0929 e. The van der Waals surface area contributed by atoms with Gasteiger partial charge in [-0.1, -0.05) is 6.58 Å². The third-order valence-corrected chi connectivity index (χ3v) is 1.13. The minimum Gasteiger partial charge on any atom is -0.512 e. The van der Waals surface area contributed by atoms with E-state index in [1.807, 2.05) is 0 Å². The lowest BCUT2D eigenvalue weighted by molar-refractivity contribution is 0.412. The molecule has 1 N–H and O–H groups in total. The van der Waals surface area contributed by atoms with Crippen LogP contribution < -0.4 is 0 Å². The Bertz CT molecular complexity index is 138. The fraction of sp³-hybridized carbons (Fsp3) is 0.333. The Balaban J connectivity index is 2.78. The minimum atomic E-state index is 0.435. The molecule has 0 aromatic carbocycles. The van der Waals surface area contributed by atoms with Crippen molar-refractivity contribution in [2.75, 3.05) is 0 Å². The van der Waals surface area contributed by atoms with Gasteiger partial charge >= 0.3 is 0 Å². The topological polar surface area (TPSA) is 20.2 Å². The standard InChI is InChI=1S/C6H8O/c1-4-3-6(4)5(2)7/h7H,1,3H2,2H3. The largest absolute Gasteiger partial charge is 0.512 e. The summed E-state index contributed by atoms with van der Waals surface area (Å²) in [6.45, 7) is 5.34. The predicted octanol–water partition coefficient (Wildman–Crippen LogP) is 1.78. The van der Waals surface area contributed by atoms with E-state index in [1.54, 1.807) is 6.92 Å². The highest BCUT2D eigenvalue weighted by Gasteiger charge is 2.20. The number of aliphatic hydroxyl groups is 1. The SMILES string of the molecule is C=C1CC1=C(C)O. The van der Waals surface area contributed by atoms with E-state index >= 15 is 0 Å². The summed E-state index contributed by atoms with van der Waals surface area (Å²) in [6.07, 6.45) is 0.919. The van der Waals surface area contributed by atoms with Gasteiger partial charge in [0.1, 0.15) is 0 Å². The highest BCUT2D eigenvalue weighted by molar-refractivity contribution is 5.49. The smallest absolute Gasteiger partial charge is 0.0929 e. The molecular weight excluding hydrogens is 88.1 g/mol. The van der Waals surface area contributed by atoms with Crippen molar-refractivity contribution in [3.05, 3.63) is 23.5 Å². The molecule has 0 heterocycles. The van der Waals surface area contributed by atoms with Crippen molar-refractivity contribution in [2.24, 2.45) is 0 Å². The molecule has 1 fully saturated rings. The molecule has 1 rings (SSSR count). The first-order chi connectivity index (χ1) is 3.22. The van der Waals surface area contributed by atoms with Crippen LogP contribution in [0.1, 0.15) is 13.3 Å². The van der Waals surface area contributed by atoms with Crippen molar-refractivity contribution >= 4 is 0 Å². The number of hydrogen-bond acceptors (Lipinski definition) is 1. The van der Waals surface area contributed by atoms with E-state index in [0.717, 1.165) is 17.6 Å². The minimum absolute atomic E-state index is 0.435. The zero-order valence-electron chi connectivity index (χ0n) is 4.36. The third-order valence-electron chi connectivity index (χ3n) is 1.13. The molecule has 0 spiro atoms. The monoisotopic (exact) mass is 96.1 g/mol. The lowest BCUT2D eigenvalue weighted by Crippen LogP contribution is -1.63. The van der Waals surface area contributed by atoms with Crippen molar-refractivity contribution in [1.29, 1.82) is 0 Å². The molecule has 0 unspecified atom stereocenters. The van der Waals surface area contributed by atoms with Crippen LogP contribution in [0.25, 0.3) is 0 Å². The molecule has 1 saturated carbocycles. The van der Waals surface area contributed by atoms with Gasteiger partial charge in [0.25, 0.3) is 0 Å². The lowest BCUT2D eigenvalue weighted by atomic mass is 10.5. The highest BCUT2D eigenvalue weighted by Crippen LogP contribution is 2.36. The maximum absolute atomic E-state index is 8.68. The maximum atomic E-state index is 8.68. The van der Waals surface area contributed by atoms with Gasteiger partial charge < -0.3 is 5.11 Å². The van der Waals surface area contributed by atoms with Crippen molar-refractivity contribution in [3.63, 3.8) is 0 Å². The summed E-state index contributed by atoms with van der Waals surface area (Å²) in [5.41, 5.74) is 2.12. The van der Waals surface area contributed by atoms with Crippen LogP contribution in [0.4, 0.5) is 0 Å². The second kappa shape index (κ2) is 1.12. The molecule has 0 aliphatic heterocycles. The summed E-state index contributed by atoms with van der Waals surface area (Å²) in [4.78, 5) is 0. The zero-order valence-corrected chi connectivity index (χ0v) is 4.36. The molecule has 0 amide bonds. The Labute approximate surface area is 43.0 Å². The van der Waals surface area contributed by atoms with Crippen molar-refractivity contribution in [3.8, 4) is 0 Å². The Morgan fingerprint density at radius 2 is 2.29 bits per heavy atom. The zero-order chi connectivity index (χ0) is 5.44. The summed E-state index contributed by atoms with van der Waals surface area (Å²) >= 11 is 0. The van der Waals surface area contributed by atoms with E-state index in [2.05, 4.69) is 6.58 Å². The normalized spacial score (nSPS) is 25.0. The second-order valence-electron chi connectivity index (χ2n) is 1.84. The molecule has 38 valence electrons. The van der Waals surface area contributed by atoms with E-state index < -0.39 is 0 Å². The Hall–Kier alpha value is -0.720. The van der Waals surface area contributed by atoms with E-state index in [-0.39, 0.29) is 0 Å².